The van der Waals surface area contributed by atoms with Crippen molar-refractivity contribution in [2.24, 2.45) is 11.1 Å². The molecule has 1 amide bonds. The van der Waals surface area contributed by atoms with Crippen LogP contribution in [0.2, 0.25) is 0 Å². The highest BCUT2D eigenvalue weighted by Crippen LogP contribution is 2.44. The minimum Gasteiger partial charge on any atom is -0.341 e. The van der Waals surface area contributed by atoms with Crippen LogP contribution in [0.1, 0.15) is 51.5 Å². The lowest BCUT2D eigenvalue weighted by atomic mass is 9.75. The molecule has 1 saturated heterocycles. The molecule has 0 radical (unpaired) electrons. The van der Waals surface area contributed by atoms with Crippen molar-refractivity contribution in [2.75, 3.05) is 13.1 Å². The normalized spacial score (nSPS) is 25.2. The minimum atomic E-state index is -0.321. The first-order chi connectivity index (χ1) is 10.8. The second kappa shape index (κ2) is 7.35. The Kier molecular flexibility index (Phi) is 6.04. The molecule has 3 nitrogen and oxygen atoms in total. The van der Waals surface area contributed by atoms with Gasteiger partial charge in [0.2, 0.25) is 5.91 Å². The molecular weight excluding hydrogens is 388 g/mol. The summed E-state index contributed by atoms with van der Waals surface area (Å²) in [4.78, 5) is 15.6. The van der Waals surface area contributed by atoms with Crippen LogP contribution in [0.25, 0.3) is 0 Å². The van der Waals surface area contributed by atoms with Gasteiger partial charge < -0.3 is 10.6 Å². The highest BCUT2D eigenvalue weighted by atomic mass is 79.9. The fraction of sp³-hybridized carbons (Fsp3) is 0.632. The Morgan fingerprint density at radius 1 is 1.21 bits per heavy atom. The summed E-state index contributed by atoms with van der Waals surface area (Å²) in [5, 5.41) is 0. The number of likely N-dealkylation sites (tertiary alicyclic amines) is 1. The molecule has 0 bridgehead atoms. The van der Waals surface area contributed by atoms with Crippen molar-refractivity contribution in [3.8, 4) is 0 Å². The molecule has 5 heteroatoms. The molecule has 1 unspecified atom stereocenters. The van der Waals surface area contributed by atoms with Crippen LogP contribution in [0.5, 0.6) is 0 Å². The smallest absolute Gasteiger partial charge is 0.233 e. The van der Waals surface area contributed by atoms with E-state index in [2.05, 4.69) is 58.9 Å². The summed E-state index contributed by atoms with van der Waals surface area (Å²) in [6, 6.07) is 8.53. The molecule has 2 fully saturated rings. The van der Waals surface area contributed by atoms with E-state index in [4.69, 9.17) is 5.73 Å². The number of benzene rings is 1. The number of halogens is 2. The molecule has 24 heavy (non-hydrogen) atoms. The van der Waals surface area contributed by atoms with Gasteiger partial charge in [0.25, 0.3) is 0 Å². The quantitative estimate of drug-likeness (QED) is 0.784. The number of carbonyl (C=O) groups is 1. The molecule has 1 atom stereocenters. The van der Waals surface area contributed by atoms with E-state index in [1.165, 1.54) is 5.56 Å². The van der Waals surface area contributed by atoms with Crippen molar-refractivity contribution in [2.45, 2.75) is 57.4 Å². The Morgan fingerprint density at radius 3 is 2.33 bits per heavy atom. The third kappa shape index (κ3) is 3.51. The number of hydrogen-bond acceptors (Lipinski definition) is 2. The zero-order valence-corrected chi connectivity index (χ0v) is 17.0. The van der Waals surface area contributed by atoms with Crippen molar-refractivity contribution < 1.29 is 4.79 Å². The van der Waals surface area contributed by atoms with E-state index in [9.17, 15) is 4.79 Å². The summed E-state index contributed by atoms with van der Waals surface area (Å²) >= 11 is 3.50. The monoisotopic (exact) mass is 414 g/mol. The summed E-state index contributed by atoms with van der Waals surface area (Å²) in [5.74, 6) is 0.317. The fourth-order valence-electron chi connectivity index (χ4n) is 4.22. The number of piperidine rings is 1. The zero-order chi connectivity index (χ0) is 16.7. The zero-order valence-electron chi connectivity index (χ0n) is 14.6. The van der Waals surface area contributed by atoms with E-state index in [1.807, 2.05) is 0 Å². The van der Waals surface area contributed by atoms with E-state index in [0.717, 1.165) is 49.7 Å². The molecule has 1 saturated carbocycles. The first kappa shape index (κ1) is 19.7. The molecule has 1 aromatic carbocycles. The molecule has 3 rings (SSSR count). The van der Waals surface area contributed by atoms with Crippen molar-refractivity contribution in [3.63, 3.8) is 0 Å². The van der Waals surface area contributed by atoms with Gasteiger partial charge in [-0.25, -0.2) is 0 Å². The largest absolute Gasteiger partial charge is 0.341 e. The summed E-state index contributed by atoms with van der Waals surface area (Å²) in [6.07, 6.45) is 5.11. The number of nitrogens with zero attached hydrogens (tertiary/aromatic N) is 1. The lowest BCUT2D eigenvalue weighted by Gasteiger charge is -2.45. The number of amides is 1. The number of hydrogen-bond donors (Lipinski definition) is 1. The van der Waals surface area contributed by atoms with Gasteiger partial charge in [-0.3, -0.25) is 4.79 Å². The van der Waals surface area contributed by atoms with Gasteiger partial charge >= 0.3 is 0 Å². The highest BCUT2D eigenvalue weighted by Gasteiger charge is 2.47. The third-order valence-electron chi connectivity index (χ3n) is 5.86. The maximum Gasteiger partial charge on any atom is 0.233 e. The van der Waals surface area contributed by atoms with Crippen LogP contribution in [-0.4, -0.2) is 29.9 Å². The van der Waals surface area contributed by atoms with E-state index in [0.29, 0.717) is 5.91 Å². The molecule has 2 aliphatic rings. The van der Waals surface area contributed by atoms with E-state index in [-0.39, 0.29) is 29.3 Å². The average molecular weight is 416 g/mol. The Bertz CT molecular complexity index is 582. The van der Waals surface area contributed by atoms with E-state index < -0.39 is 0 Å². The second-order valence-electron chi connectivity index (χ2n) is 7.91. The SMILES string of the molecule is CC1(C)CN(C(=O)C2(c3ccc(Br)cc3)CCCC2)CCC1N.Cl. The molecule has 134 valence electrons. The molecule has 0 spiro atoms. The van der Waals surface area contributed by atoms with Crippen LogP contribution >= 0.6 is 28.3 Å². The first-order valence-corrected chi connectivity index (χ1v) is 9.45. The number of carbonyl (C=O) groups excluding carboxylic acids is 1. The van der Waals surface area contributed by atoms with Gasteiger partial charge in [-0.05, 0) is 42.4 Å². The molecular formula is C19H28BrClN2O. The predicted molar refractivity (Wildman–Crippen MR) is 104 cm³/mol. The Hall–Kier alpha value is -0.580. The highest BCUT2D eigenvalue weighted by molar-refractivity contribution is 9.10. The third-order valence-corrected chi connectivity index (χ3v) is 6.39. The molecule has 0 aromatic heterocycles. The van der Waals surface area contributed by atoms with Crippen molar-refractivity contribution >= 4 is 34.2 Å². The standard InChI is InChI=1S/C19H27BrN2O.ClH/c1-18(2)13-22(12-9-16(18)21)17(23)19(10-3-4-11-19)14-5-7-15(20)8-6-14;/h5-8,16H,3-4,9-13,21H2,1-2H3;1H. The fourth-order valence-corrected chi connectivity index (χ4v) is 4.49. The van der Waals surface area contributed by atoms with Crippen LogP contribution in [0, 0.1) is 5.41 Å². The Balaban J connectivity index is 0.00000208. The Labute approximate surface area is 159 Å². The van der Waals surface area contributed by atoms with Gasteiger partial charge in [-0.15, -0.1) is 12.4 Å². The lowest BCUT2D eigenvalue weighted by Crippen LogP contribution is -2.57. The summed E-state index contributed by atoms with van der Waals surface area (Å²) in [5.41, 5.74) is 7.09. The molecule has 1 aromatic rings. The van der Waals surface area contributed by atoms with Crippen LogP contribution in [0.3, 0.4) is 0 Å². The van der Waals surface area contributed by atoms with Crippen LogP contribution < -0.4 is 5.73 Å². The van der Waals surface area contributed by atoms with Gasteiger partial charge in [0.05, 0.1) is 5.41 Å². The van der Waals surface area contributed by atoms with Crippen molar-refractivity contribution in [3.05, 3.63) is 34.3 Å². The summed E-state index contributed by atoms with van der Waals surface area (Å²) in [6.45, 7) is 5.92. The summed E-state index contributed by atoms with van der Waals surface area (Å²) < 4.78 is 1.06. The predicted octanol–water partition coefficient (Wildman–Crippen LogP) is 4.27. The van der Waals surface area contributed by atoms with Gasteiger partial charge in [0.15, 0.2) is 0 Å². The maximum atomic E-state index is 13.5. The van der Waals surface area contributed by atoms with Crippen LogP contribution in [-0.2, 0) is 10.2 Å². The van der Waals surface area contributed by atoms with Crippen molar-refractivity contribution in [1.82, 2.24) is 4.90 Å². The lowest BCUT2D eigenvalue weighted by molar-refractivity contribution is -0.140. The van der Waals surface area contributed by atoms with Gasteiger partial charge in [-0.2, -0.15) is 0 Å². The van der Waals surface area contributed by atoms with Crippen molar-refractivity contribution in [1.29, 1.82) is 0 Å². The van der Waals surface area contributed by atoms with E-state index >= 15 is 0 Å². The van der Waals surface area contributed by atoms with E-state index in [1.54, 1.807) is 0 Å². The summed E-state index contributed by atoms with van der Waals surface area (Å²) in [7, 11) is 0. The van der Waals surface area contributed by atoms with Gasteiger partial charge in [0, 0.05) is 23.6 Å². The number of nitrogens with two attached hydrogens (primary N) is 1. The molecule has 1 heterocycles. The maximum absolute atomic E-state index is 13.5. The van der Waals surface area contributed by atoms with Gasteiger partial charge in [-0.1, -0.05) is 54.8 Å². The minimum absolute atomic E-state index is 0. The molecule has 2 N–H and O–H groups in total. The number of rotatable bonds is 2. The van der Waals surface area contributed by atoms with Crippen LogP contribution in [0.15, 0.2) is 28.7 Å². The van der Waals surface area contributed by atoms with Gasteiger partial charge in [0.1, 0.15) is 0 Å². The molecule has 1 aliphatic carbocycles. The second-order valence-corrected chi connectivity index (χ2v) is 8.82. The Morgan fingerprint density at radius 2 is 1.79 bits per heavy atom. The first-order valence-electron chi connectivity index (χ1n) is 8.66. The van der Waals surface area contributed by atoms with Crippen LogP contribution in [0.4, 0.5) is 0 Å². The molecule has 1 aliphatic heterocycles. The topological polar surface area (TPSA) is 46.3 Å². The average Bonchev–Trinajstić information content (AvgIpc) is 3.01.